The van der Waals surface area contributed by atoms with Crippen molar-refractivity contribution in [1.29, 1.82) is 0 Å². The normalized spacial score (nSPS) is 9.69. The molecule has 0 heterocycles. The summed E-state index contributed by atoms with van der Waals surface area (Å²) in [5.41, 5.74) is 0.783. The number of carbonyl (C=O) groups is 2. The van der Waals surface area contributed by atoms with E-state index in [1.807, 2.05) is 27.7 Å². The van der Waals surface area contributed by atoms with Gasteiger partial charge in [-0.05, 0) is 37.3 Å². The van der Waals surface area contributed by atoms with Crippen molar-refractivity contribution in [1.82, 2.24) is 0 Å². The molecule has 35 heavy (non-hydrogen) atoms. The Kier molecular flexibility index (Phi) is 51.9. The zero-order valence-electron chi connectivity index (χ0n) is 19.8. The van der Waals surface area contributed by atoms with Crippen LogP contribution in [0.25, 0.3) is 0 Å². The van der Waals surface area contributed by atoms with Crippen molar-refractivity contribution in [3.05, 3.63) is 59.7 Å². The summed E-state index contributed by atoms with van der Waals surface area (Å²) >= 11 is 9.54. The van der Waals surface area contributed by atoms with Crippen LogP contribution >= 0.6 is 98.4 Å². The number of halogens is 6. The maximum atomic E-state index is 11.0. The Bertz CT molecular complexity index is 713. The maximum absolute atomic E-state index is 11.0. The Hall–Kier alpha value is 2.26. The first kappa shape index (κ1) is 50.1. The first-order valence-corrected chi connectivity index (χ1v) is 31.2. The zero-order valence-corrected chi connectivity index (χ0v) is 34.6. The van der Waals surface area contributed by atoms with Gasteiger partial charge in [-0.1, -0.05) is 53.3 Å². The molecule has 0 aliphatic rings. The summed E-state index contributed by atoms with van der Waals surface area (Å²) in [5, 5.41) is 8.59. The van der Waals surface area contributed by atoms with Gasteiger partial charge in [0.05, 0.1) is 5.56 Å². The molecular formula is C22H35I6O5S2-. The zero-order chi connectivity index (χ0) is 27.0. The van der Waals surface area contributed by atoms with E-state index in [9.17, 15) is 18.0 Å². The summed E-state index contributed by atoms with van der Waals surface area (Å²) < 4.78 is 22.0. The van der Waals surface area contributed by atoms with Crippen LogP contribution in [0, 0.1) is 0 Å². The molecule has 0 amide bonds. The number of Topliss-reactive ketones (excluding diaryl/α,β-unsaturated/α-hetero) is 1. The van der Waals surface area contributed by atoms with E-state index in [1.165, 1.54) is 25.3 Å². The van der Waals surface area contributed by atoms with Gasteiger partial charge in [-0.2, -0.15) is 0 Å². The molecule has 0 fully saturated rings. The van der Waals surface area contributed by atoms with Crippen molar-refractivity contribution in [2.45, 2.75) is 51.8 Å². The fourth-order valence-electron chi connectivity index (χ4n) is 1.70. The first-order chi connectivity index (χ1) is 15.6. The second-order valence-electron chi connectivity index (χ2n) is 4.88. The van der Waals surface area contributed by atoms with Crippen molar-refractivity contribution in [2.24, 2.45) is 0 Å². The molecule has 5 nitrogen and oxygen atoms in total. The van der Waals surface area contributed by atoms with Crippen LogP contribution in [0.2, 0.25) is 0 Å². The molecule has 2 aromatic carbocycles. The molecule has 2 atom stereocenters. The van der Waals surface area contributed by atoms with E-state index in [1.54, 1.807) is 42.7 Å². The Labute approximate surface area is 287 Å². The van der Waals surface area contributed by atoms with Crippen LogP contribution < -0.4 is 13.3 Å². The monoisotopic (exact) mass is 1200 g/mol. The Balaban J connectivity index is -0.0000000868. The van der Waals surface area contributed by atoms with E-state index in [0.29, 0.717) is 28.6 Å². The van der Waals surface area contributed by atoms with Gasteiger partial charge >= 0.3 is 56.5 Å². The minimum absolute atomic E-state index is 0. The molecule has 0 spiro atoms. The number of aromatic carboxylic acids is 1. The number of hydrogen-bond donors (Lipinski definition) is 1. The van der Waals surface area contributed by atoms with Gasteiger partial charge < -0.3 is 5.11 Å². The van der Waals surface area contributed by atoms with Gasteiger partial charge in [-0.3, -0.25) is 13.2 Å². The number of carboxylic acid groups (broad SMARTS) is 1. The Morgan fingerprint density at radius 1 is 0.800 bits per heavy atom. The molecule has 2 rings (SSSR count). The molecule has 0 aliphatic carbocycles. The SMILES string of the molecule is C.CC.CC.CC(=O)c1cccc(S(C)=O)c1.CS(=O)c1cccc(C(=O)O)c1.I.II.I[I-]I. The molecule has 0 bridgehead atoms. The standard InChI is InChI=1S/C9H10O2S.C8H8O3S.2C2H6.CH4.I3.I2.HI/c1-7(10)8-4-3-5-9(6-8)12(2)11;1-12(11)7-4-2-3-6(5-7)8(9)10;2*1-2;;1-3-2;1-2;/h3-6H,1-2H3;2-5H,1H3,(H,9,10);2*1-2H3;1H4;;;1H/q;;;;;-1;;. The van der Waals surface area contributed by atoms with Gasteiger partial charge in [0.1, 0.15) is 0 Å². The summed E-state index contributed by atoms with van der Waals surface area (Å²) in [6.45, 7) is 9.50. The van der Waals surface area contributed by atoms with Gasteiger partial charge in [0, 0.05) is 86.7 Å². The summed E-state index contributed by atoms with van der Waals surface area (Å²) in [5.74, 6) is -0.996. The molecule has 0 aromatic heterocycles. The van der Waals surface area contributed by atoms with Crippen LogP contribution in [0.3, 0.4) is 0 Å². The quantitative estimate of drug-likeness (QED) is 0.276. The molecule has 2 unspecified atom stereocenters. The van der Waals surface area contributed by atoms with Crippen LogP contribution in [0.1, 0.15) is 62.8 Å². The van der Waals surface area contributed by atoms with E-state index in [4.69, 9.17) is 5.11 Å². The van der Waals surface area contributed by atoms with E-state index in [0.717, 1.165) is 0 Å². The fourth-order valence-corrected chi connectivity index (χ4v) is 2.83. The van der Waals surface area contributed by atoms with Gasteiger partial charge in [-0.25, -0.2) is 4.79 Å². The van der Waals surface area contributed by atoms with E-state index < -0.39 is 27.6 Å². The molecule has 0 aliphatic heterocycles. The Morgan fingerprint density at radius 3 is 1.34 bits per heavy atom. The number of carboxylic acids is 1. The number of rotatable bonds is 4. The molecule has 208 valence electrons. The van der Waals surface area contributed by atoms with Crippen molar-refractivity contribution < 1.29 is 36.4 Å². The van der Waals surface area contributed by atoms with E-state index in [-0.39, 0.29) is 42.7 Å². The number of benzene rings is 2. The third-order valence-corrected chi connectivity index (χ3v) is 4.82. The number of ketones is 1. The van der Waals surface area contributed by atoms with E-state index in [2.05, 4.69) is 74.5 Å². The predicted octanol–water partition coefficient (Wildman–Crippen LogP) is 6.60. The minimum atomic E-state index is -1.12. The van der Waals surface area contributed by atoms with E-state index >= 15 is 0 Å². The summed E-state index contributed by atoms with van der Waals surface area (Å²) in [6, 6.07) is 13.0. The van der Waals surface area contributed by atoms with Crippen molar-refractivity contribution >= 4 is 132 Å². The van der Waals surface area contributed by atoms with Gasteiger partial charge in [-0.15, -0.1) is 24.0 Å². The molecule has 1 N–H and O–H groups in total. The molecule has 0 radical (unpaired) electrons. The molecule has 13 heteroatoms. The fraction of sp³-hybridized carbons (Fsp3) is 0.364. The average Bonchev–Trinajstić information content (AvgIpc) is 2.84. The van der Waals surface area contributed by atoms with Crippen molar-refractivity contribution in [3.63, 3.8) is 0 Å². The van der Waals surface area contributed by atoms with Gasteiger partial charge in [0.2, 0.25) is 0 Å². The van der Waals surface area contributed by atoms with Crippen LogP contribution in [-0.4, -0.2) is 37.8 Å². The third kappa shape index (κ3) is 29.1. The van der Waals surface area contributed by atoms with Crippen LogP contribution in [0.4, 0.5) is 0 Å². The van der Waals surface area contributed by atoms with Crippen LogP contribution in [0.15, 0.2) is 58.3 Å². The van der Waals surface area contributed by atoms with Crippen LogP contribution in [0.5, 0.6) is 0 Å². The second kappa shape index (κ2) is 36.3. The second-order valence-corrected chi connectivity index (χ2v) is 23.9. The number of hydrogen-bond acceptors (Lipinski definition) is 4. The molecule has 0 saturated carbocycles. The third-order valence-electron chi connectivity index (χ3n) is 2.99. The summed E-state index contributed by atoms with van der Waals surface area (Å²) in [7, 11) is -2.13. The molecule has 0 saturated heterocycles. The summed E-state index contributed by atoms with van der Waals surface area (Å²) in [6.07, 6.45) is 3.11. The predicted molar refractivity (Wildman–Crippen MR) is 195 cm³/mol. The summed E-state index contributed by atoms with van der Waals surface area (Å²) in [4.78, 5) is 22.6. The van der Waals surface area contributed by atoms with Crippen molar-refractivity contribution in [3.8, 4) is 0 Å². The average molecular weight is 1210 g/mol. The van der Waals surface area contributed by atoms with Gasteiger partial charge in [0.15, 0.2) is 5.78 Å². The topological polar surface area (TPSA) is 88.5 Å². The Morgan fingerprint density at radius 2 is 1.09 bits per heavy atom. The molecule has 2 aromatic rings. The number of carbonyl (C=O) groups excluding carboxylic acids is 1. The molecular weight excluding hydrogens is 1170 g/mol. The first-order valence-electron chi connectivity index (χ1n) is 9.26. The van der Waals surface area contributed by atoms with Gasteiger partial charge in [0.25, 0.3) is 0 Å². The van der Waals surface area contributed by atoms with Crippen LogP contribution in [-0.2, 0) is 21.6 Å². The van der Waals surface area contributed by atoms with Crippen molar-refractivity contribution in [2.75, 3.05) is 12.5 Å².